The normalized spacial score (nSPS) is 11.2. The van der Waals surface area contributed by atoms with Crippen LogP contribution in [0, 0.1) is 6.92 Å². The quantitative estimate of drug-likeness (QED) is 0.859. The molecule has 7 nitrogen and oxygen atoms in total. The summed E-state index contributed by atoms with van der Waals surface area (Å²) >= 11 is 0. The molecule has 0 aliphatic rings. The first kappa shape index (κ1) is 13.2. The molecule has 2 rings (SSSR count). The number of carbonyl (C=O) groups is 1. The molecular weight excluding hydrogens is 268 g/mol. The van der Waals surface area contributed by atoms with Crippen molar-refractivity contribution in [1.29, 1.82) is 0 Å². The Morgan fingerprint density at radius 3 is 2.37 bits per heavy atom. The molecule has 1 aromatic heterocycles. The zero-order valence-corrected chi connectivity index (χ0v) is 11.0. The van der Waals surface area contributed by atoms with Crippen molar-refractivity contribution in [3.8, 4) is 0 Å². The number of amides is 1. The number of nitrogens with one attached hydrogen (secondary N) is 1. The fraction of sp³-hybridized carbons (Fsp3) is 0.182. The van der Waals surface area contributed by atoms with Gasteiger partial charge in [-0.25, -0.2) is 13.1 Å². The van der Waals surface area contributed by atoms with E-state index >= 15 is 0 Å². The van der Waals surface area contributed by atoms with Gasteiger partial charge < -0.3 is 0 Å². The van der Waals surface area contributed by atoms with Gasteiger partial charge in [0, 0.05) is 0 Å². The molecule has 0 fully saturated rings. The van der Waals surface area contributed by atoms with Gasteiger partial charge in [0.15, 0.2) is 9.84 Å². The Balaban J connectivity index is 2.09. The number of nitrogens with zero attached hydrogens (tertiary/aromatic N) is 3. The maximum absolute atomic E-state index is 12.0. The van der Waals surface area contributed by atoms with E-state index in [0.29, 0.717) is 0 Å². The molecular formula is C11H12N4O3S. The van der Waals surface area contributed by atoms with E-state index in [4.69, 9.17) is 0 Å². The largest absolute Gasteiger partial charge is 0.272 e. The van der Waals surface area contributed by atoms with Crippen LogP contribution in [0.1, 0.15) is 5.56 Å². The Hall–Kier alpha value is -2.22. The number of sulfone groups is 1. The molecule has 1 amide bonds. The van der Waals surface area contributed by atoms with Crippen LogP contribution in [0.4, 0.5) is 0 Å². The highest BCUT2D eigenvalue weighted by Gasteiger charge is 2.19. The minimum absolute atomic E-state index is 0.122. The summed E-state index contributed by atoms with van der Waals surface area (Å²) in [5.41, 5.74) is 3.28. The second-order valence-electron chi connectivity index (χ2n) is 3.98. The Morgan fingerprint density at radius 1 is 1.21 bits per heavy atom. The molecule has 0 saturated heterocycles. The molecule has 8 heteroatoms. The van der Waals surface area contributed by atoms with Crippen molar-refractivity contribution in [1.82, 2.24) is 14.9 Å². The first-order valence-corrected chi connectivity index (χ1v) is 7.06. The molecule has 0 spiro atoms. The highest BCUT2D eigenvalue weighted by atomic mass is 32.2. The van der Waals surface area contributed by atoms with Crippen LogP contribution in [0.5, 0.6) is 0 Å². The van der Waals surface area contributed by atoms with Gasteiger partial charge in [-0.15, -0.1) is 10.2 Å². The van der Waals surface area contributed by atoms with Crippen molar-refractivity contribution in [3.63, 3.8) is 0 Å². The SMILES string of the molecule is Cc1ccc(S(=O)(=O)CC(=O)Nn2cnnc2)cc1. The lowest BCUT2D eigenvalue weighted by atomic mass is 10.2. The maximum Gasteiger partial charge on any atom is 0.254 e. The van der Waals surface area contributed by atoms with Crippen molar-refractivity contribution in [2.75, 3.05) is 11.2 Å². The van der Waals surface area contributed by atoms with E-state index in [1.165, 1.54) is 29.5 Å². The smallest absolute Gasteiger partial charge is 0.254 e. The molecule has 19 heavy (non-hydrogen) atoms. The second-order valence-corrected chi connectivity index (χ2v) is 5.97. The molecule has 1 N–H and O–H groups in total. The van der Waals surface area contributed by atoms with E-state index in [0.717, 1.165) is 5.56 Å². The third kappa shape index (κ3) is 3.38. The first-order valence-electron chi connectivity index (χ1n) is 5.41. The number of hydrogen-bond donors (Lipinski definition) is 1. The van der Waals surface area contributed by atoms with Crippen LogP contribution in [0.3, 0.4) is 0 Å². The summed E-state index contributed by atoms with van der Waals surface area (Å²) in [4.78, 5) is 11.7. The number of benzene rings is 1. The van der Waals surface area contributed by atoms with Crippen LogP contribution < -0.4 is 5.43 Å². The summed E-state index contributed by atoms with van der Waals surface area (Å²) in [6.07, 6.45) is 2.52. The van der Waals surface area contributed by atoms with Gasteiger partial charge in [0.1, 0.15) is 18.4 Å². The van der Waals surface area contributed by atoms with E-state index < -0.39 is 21.5 Å². The van der Waals surface area contributed by atoms with Crippen molar-refractivity contribution >= 4 is 15.7 Å². The van der Waals surface area contributed by atoms with Crippen molar-refractivity contribution in [3.05, 3.63) is 42.5 Å². The van der Waals surface area contributed by atoms with Gasteiger partial charge in [-0.1, -0.05) is 17.7 Å². The Bertz CT molecular complexity index is 662. The van der Waals surface area contributed by atoms with E-state index in [9.17, 15) is 13.2 Å². The van der Waals surface area contributed by atoms with Gasteiger partial charge in [-0.3, -0.25) is 10.2 Å². The van der Waals surface area contributed by atoms with Crippen LogP contribution in [0.15, 0.2) is 41.8 Å². The number of aryl methyl sites for hydroxylation is 1. The van der Waals surface area contributed by atoms with Gasteiger partial charge in [-0.2, -0.15) is 0 Å². The molecule has 0 atom stereocenters. The van der Waals surface area contributed by atoms with Crippen LogP contribution in [0.25, 0.3) is 0 Å². The van der Waals surface area contributed by atoms with Gasteiger partial charge in [-0.05, 0) is 19.1 Å². The molecule has 0 unspecified atom stereocenters. The molecule has 0 radical (unpaired) electrons. The van der Waals surface area contributed by atoms with Gasteiger partial charge in [0.05, 0.1) is 4.90 Å². The first-order chi connectivity index (χ1) is 8.97. The highest BCUT2D eigenvalue weighted by Crippen LogP contribution is 2.11. The maximum atomic E-state index is 12.0. The Kier molecular flexibility index (Phi) is 3.61. The predicted molar refractivity (Wildman–Crippen MR) is 67.6 cm³/mol. The minimum Gasteiger partial charge on any atom is -0.272 e. The summed E-state index contributed by atoms with van der Waals surface area (Å²) in [6, 6.07) is 6.34. The van der Waals surface area contributed by atoms with E-state index in [1.54, 1.807) is 12.1 Å². The lowest BCUT2D eigenvalue weighted by Crippen LogP contribution is -2.28. The van der Waals surface area contributed by atoms with E-state index in [2.05, 4.69) is 15.6 Å². The average molecular weight is 280 g/mol. The fourth-order valence-electron chi connectivity index (χ4n) is 1.44. The third-order valence-electron chi connectivity index (χ3n) is 2.37. The molecule has 0 bridgehead atoms. The average Bonchev–Trinajstić information content (AvgIpc) is 2.81. The van der Waals surface area contributed by atoms with E-state index in [1.807, 2.05) is 6.92 Å². The van der Waals surface area contributed by atoms with Crippen LogP contribution >= 0.6 is 0 Å². The number of aromatic nitrogens is 3. The number of carbonyl (C=O) groups excluding carboxylic acids is 1. The molecule has 0 aliphatic heterocycles. The highest BCUT2D eigenvalue weighted by molar-refractivity contribution is 7.92. The molecule has 2 aromatic rings. The summed E-state index contributed by atoms with van der Waals surface area (Å²) in [5.74, 6) is -1.28. The van der Waals surface area contributed by atoms with Crippen LogP contribution in [-0.2, 0) is 14.6 Å². The summed E-state index contributed by atoms with van der Waals surface area (Å²) < 4.78 is 25.1. The fourth-order valence-corrected chi connectivity index (χ4v) is 2.56. The lowest BCUT2D eigenvalue weighted by molar-refractivity contribution is -0.114. The number of hydrogen-bond acceptors (Lipinski definition) is 5. The van der Waals surface area contributed by atoms with Crippen molar-refractivity contribution in [2.24, 2.45) is 0 Å². The van der Waals surface area contributed by atoms with Gasteiger partial charge in [0.25, 0.3) is 5.91 Å². The number of rotatable bonds is 4. The molecule has 0 saturated carbocycles. The lowest BCUT2D eigenvalue weighted by Gasteiger charge is -2.06. The van der Waals surface area contributed by atoms with Crippen molar-refractivity contribution < 1.29 is 13.2 Å². The minimum atomic E-state index is -3.65. The zero-order valence-electron chi connectivity index (χ0n) is 10.1. The molecule has 1 heterocycles. The summed E-state index contributed by atoms with van der Waals surface area (Å²) in [7, 11) is -3.65. The Labute approximate surface area is 110 Å². The molecule has 0 aliphatic carbocycles. The molecule has 1 aromatic carbocycles. The topological polar surface area (TPSA) is 94.0 Å². The predicted octanol–water partition coefficient (Wildman–Crippen LogP) is 0.131. The van der Waals surface area contributed by atoms with Crippen molar-refractivity contribution in [2.45, 2.75) is 11.8 Å². The van der Waals surface area contributed by atoms with Gasteiger partial charge in [0.2, 0.25) is 0 Å². The van der Waals surface area contributed by atoms with Gasteiger partial charge >= 0.3 is 0 Å². The summed E-state index contributed by atoms with van der Waals surface area (Å²) in [6.45, 7) is 1.86. The molecule has 100 valence electrons. The van der Waals surface area contributed by atoms with Crippen LogP contribution in [0.2, 0.25) is 0 Å². The zero-order chi connectivity index (χ0) is 13.9. The Morgan fingerprint density at radius 2 is 1.79 bits per heavy atom. The van der Waals surface area contributed by atoms with E-state index in [-0.39, 0.29) is 4.90 Å². The second kappa shape index (κ2) is 5.19. The summed E-state index contributed by atoms with van der Waals surface area (Å²) in [5, 5.41) is 6.98. The monoisotopic (exact) mass is 280 g/mol. The van der Waals surface area contributed by atoms with Crippen LogP contribution in [-0.4, -0.2) is 35.0 Å². The third-order valence-corrected chi connectivity index (χ3v) is 4.01. The standard InChI is InChI=1S/C11H12N4O3S/c1-9-2-4-10(5-3-9)19(17,18)6-11(16)14-15-7-12-13-8-15/h2-5,7-8H,6H2,1H3,(H,14,16).